The lowest BCUT2D eigenvalue weighted by Gasteiger charge is -2.23. The molecule has 1 aliphatic rings. The highest BCUT2D eigenvalue weighted by molar-refractivity contribution is 5.96. The van der Waals surface area contributed by atoms with Crippen molar-refractivity contribution in [1.82, 2.24) is 10.3 Å². The second-order valence-corrected chi connectivity index (χ2v) is 9.96. The fourth-order valence-corrected chi connectivity index (χ4v) is 3.96. The van der Waals surface area contributed by atoms with Crippen LogP contribution in [0.2, 0.25) is 0 Å². The Morgan fingerprint density at radius 2 is 1.77 bits per heavy atom. The van der Waals surface area contributed by atoms with Gasteiger partial charge in [0, 0.05) is 23.0 Å². The van der Waals surface area contributed by atoms with Crippen LogP contribution in [-0.2, 0) is 23.4 Å². The number of anilines is 1. The molecule has 0 atom stereocenters. The number of carbonyl (C=O) groups is 2. The lowest BCUT2D eigenvalue weighted by Crippen LogP contribution is -2.48. The summed E-state index contributed by atoms with van der Waals surface area (Å²) in [6.45, 7) is 3.12. The zero-order valence-electron chi connectivity index (χ0n) is 21.2. The number of ether oxygens (including phenoxy) is 1. The van der Waals surface area contributed by atoms with E-state index in [1.54, 1.807) is 0 Å². The van der Waals surface area contributed by atoms with Crippen LogP contribution in [0.3, 0.4) is 0 Å². The Kier molecular flexibility index (Phi) is 7.65. The van der Waals surface area contributed by atoms with Gasteiger partial charge >= 0.3 is 6.18 Å². The predicted molar refractivity (Wildman–Crippen MR) is 134 cm³/mol. The molecule has 206 valence electrons. The number of pyridine rings is 1. The molecule has 11 heteroatoms. The number of nitrogens with one attached hydrogen (secondary N) is 2. The number of benzene rings is 2. The highest BCUT2D eigenvalue weighted by Gasteiger charge is 2.64. The van der Waals surface area contributed by atoms with Gasteiger partial charge in [-0.2, -0.15) is 13.2 Å². The van der Waals surface area contributed by atoms with Crippen molar-refractivity contribution >= 4 is 17.5 Å². The molecule has 0 spiro atoms. The normalized spacial score (nSPS) is 14.4. The average Bonchev–Trinajstić information content (AvgIpc) is 3.65. The van der Waals surface area contributed by atoms with E-state index in [0.29, 0.717) is 0 Å². The smallest absolute Gasteiger partial charge is 0.411 e. The van der Waals surface area contributed by atoms with Crippen molar-refractivity contribution in [2.75, 3.05) is 5.32 Å². The van der Waals surface area contributed by atoms with Gasteiger partial charge in [-0.05, 0) is 56.5 Å². The van der Waals surface area contributed by atoms with E-state index < -0.39 is 41.4 Å². The van der Waals surface area contributed by atoms with Crippen molar-refractivity contribution < 1.29 is 37.0 Å². The van der Waals surface area contributed by atoms with Gasteiger partial charge in [-0.25, -0.2) is 4.39 Å². The lowest BCUT2D eigenvalue weighted by atomic mass is 9.94. The molecule has 0 aliphatic heterocycles. The number of alkyl halides is 3. The minimum atomic E-state index is -4.58. The summed E-state index contributed by atoms with van der Waals surface area (Å²) in [5.74, 6) is -2.19. The summed E-state index contributed by atoms with van der Waals surface area (Å²) in [5.41, 5.74) is -2.83. The first-order valence-corrected chi connectivity index (χ1v) is 12.1. The number of aromatic nitrogens is 1. The fraction of sp³-hybridized carbons (Fsp3) is 0.321. The number of halogens is 4. The van der Waals surface area contributed by atoms with E-state index in [0.717, 1.165) is 17.7 Å². The third kappa shape index (κ3) is 6.72. The number of hydrogen-bond acceptors (Lipinski definition) is 5. The van der Waals surface area contributed by atoms with Gasteiger partial charge in [0.05, 0.1) is 12.0 Å². The maximum absolute atomic E-state index is 15.0. The number of amides is 2. The number of carbonyl (C=O) groups excluding carboxylic acids is 2. The van der Waals surface area contributed by atoms with Crippen molar-refractivity contribution in [3.05, 3.63) is 89.0 Å². The first-order chi connectivity index (χ1) is 18.3. The minimum absolute atomic E-state index is 0.00330. The molecule has 1 aliphatic carbocycles. The molecule has 0 saturated heterocycles. The van der Waals surface area contributed by atoms with Gasteiger partial charge in [0.15, 0.2) is 0 Å². The summed E-state index contributed by atoms with van der Waals surface area (Å²) in [7, 11) is 0. The van der Waals surface area contributed by atoms with Gasteiger partial charge in [-0.1, -0.05) is 30.3 Å². The minimum Gasteiger partial charge on any atom is -0.488 e. The van der Waals surface area contributed by atoms with Crippen LogP contribution in [0, 0.1) is 5.82 Å². The van der Waals surface area contributed by atoms with Crippen LogP contribution in [0.5, 0.6) is 5.75 Å². The number of rotatable bonds is 9. The van der Waals surface area contributed by atoms with E-state index in [1.165, 1.54) is 32.2 Å². The van der Waals surface area contributed by atoms with Crippen LogP contribution in [0.25, 0.3) is 0 Å². The topological polar surface area (TPSA) is 101 Å². The molecule has 2 aromatic carbocycles. The van der Waals surface area contributed by atoms with Gasteiger partial charge in [-0.15, -0.1) is 0 Å². The second kappa shape index (κ2) is 10.6. The Morgan fingerprint density at radius 3 is 2.38 bits per heavy atom. The Morgan fingerprint density at radius 1 is 1.08 bits per heavy atom. The predicted octanol–water partition coefficient (Wildman–Crippen LogP) is 5.03. The SMILES string of the molecule is CC(C)(O)c1cc(F)c(CC(=O)Nc2ccnc(C(=O)NC3(C(F)(F)F)CC3)c2)cc1OCc1ccccc1. The van der Waals surface area contributed by atoms with E-state index in [2.05, 4.69) is 10.3 Å². The maximum atomic E-state index is 15.0. The largest absolute Gasteiger partial charge is 0.488 e. The zero-order chi connectivity index (χ0) is 28.4. The van der Waals surface area contributed by atoms with Crippen molar-refractivity contribution in [2.24, 2.45) is 0 Å². The molecule has 1 saturated carbocycles. The van der Waals surface area contributed by atoms with Gasteiger partial charge < -0.3 is 20.5 Å². The average molecular weight is 546 g/mol. The Bertz CT molecular complexity index is 1370. The number of hydrogen-bond donors (Lipinski definition) is 3. The fourth-order valence-electron chi connectivity index (χ4n) is 3.96. The molecule has 3 aromatic rings. The first-order valence-electron chi connectivity index (χ1n) is 12.1. The van der Waals surface area contributed by atoms with Gasteiger partial charge in [0.2, 0.25) is 5.91 Å². The Hall–Kier alpha value is -3.99. The maximum Gasteiger partial charge on any atom is 0.411 e. The summed E-state index contributed by atoms with van der Waals surface area (Å²) in [6, 6.07) is 14.2. The third-order valence-corrected chi connectivity index (χ3v) is 6.32. The van der Waals surface area contributed by atoms with Crippen molar-refractivity contribution in [1.29, 1.82) is 0 Å². The number of nitrogens with zero attached hydrogens (tertiary/aromatic N) is 1. The molecule has 1 aromatic heterocycles. The standard InChI is InChI=1S/C28H27F4N3O4/c1-26(2,38)20-15-21(29)18(12-23(20)39-16-17-6-4-3-5-7-17)13-24(36)34-19-8-11-33-22(14-19)25(37)35-27(9-10-27)28(30,31)32/h3-8,11-12,14-15,38H,9-10,13,16H2,1-2H3,(H,35,37)(H,33,34,36). The lowest BCUT2D eigenvalue weighted by molar-refractivity contribution is -0.163. The molecule has 39 heavy (non-hydrogen) atoms. The summed E-state index contributed by atoms with van der Waals surface area (Å²) >= 11 is 0. The summed E-state index contributed by atoms with van der Waals surface area (Å²) in [5, 5.41) is 15.0. The molecular weight excluding hydrogens is 518 g/mol. The molecule has 0 unspecified atom stereocenters. The summed E-state index contributed by atoms with van der Waals surface area (Å²) < 4.78 is 60.3. The molecule has 0 radical (unpaired) electrons. The monoisotopic (exact) mass is 545 g/mol. The van der Waals surface area contributed by atoms with Crippen LogP contribution in [0.1, 0.15) is 53.9 Å². The van der Waals surface area contributed by atoms with Crippen LogP contribution in [0.4, 0.5) is 23.2 Å². The van der Waals surface area contributed by atoms with E-state index in [9.17, 15) is 32.3 Å². The summed E-state index contributed by atoms with van der Waals surface area (Å²) in [6.07, 6.45) is -4.25. The zero-order valence-corrected chi connectivity index (χ0v) is 21.2. The Labute approximate surface area is 222 Å². The molecule has 1 heterocycles. The highest BCUT2D eigenvalue weighted by atomic mass is 19.4. The molecule has 1 fully saturated rings. The number of aliphatic hydroxyl groups is 1. The quantitative estimate of drug-likeness (QED) is 0.328. The van der Waals surface area contributed by atoms with Crippen molar-refractivity contribution in [2.45, 2.75) is 57.0 Å². The van der Waals surface area contributed by atoms with E-state index in [-0.39, 0.29) is 47.7 Å². The van der Waals surface area contributed by atoms with Crippen LogP contribution < -0.4 is 15.4 Å². The molecule has 0 bridgehead atoms. The highest BCUT2D eigenvalue weighted by Crippen LogP contribution is 2.49. The van der Waals surface area contributed by atoms with Crippen LogP contribution in [-0.4, -0.2) is 33.6 Å². The van der Waals surface area contributed by atoms with Crippen molar-refractivity contribution in [3.63, 3.8) is 0 Å². The van der Waals surface area contributed by atoms with E-state index >= 15 is 0 Å². The molecule has 2 amide bonds. The first kappa shape index (κ1) is 28.0. The molecule has 4 rings (SSSR count). The third-order valence-electron chi connectivity index (χ3n) is 6.32. The van der Waals surface area contributed by atoms with Gasteiger partial charge in [0.25, 0.3) is 5.91 Å². The van der Waals surface area contributed by atoms with Crippen LogP contribution in [0.15, 0.2) is 60.8 Å². The second-order valence-electron chi connectivity index (χ2n) is 9.96. The van der Waals surface area contributed by atoms with Gasteiger partial charge in [-0.3, -0.25) is 14.6 Å². The van der Waals surface area contributed by atoms with Gasteiger partial charge in [0.1, 0.15) is 29.4 Å². The molecule has 7 nitrogen and oxygen atoms in total. The van der Waals surface area contributed by atoms with Crippen molar-refractivity contribution in [3.8, 4) is 5.75 Å². The van der Waals surface area contributed by atoms with Crippen LogP contribution >= 0.6 is 0 Å². The molecule has 3 N–H and O–H groups in total. The Balaban J connectivity index is 1.47. The van der Waals surface area contributed by atoms with E-state index in [1.807, 2.05) is 35.6 Å². The molecular formula is C28H27F4N3O4. The van der Waals surface area contributed by atoms with E-state index in [4.69, 9.17) is 4.74 Å². The summed E-state index contributed by atoms with van der Waals surface area (Å²) in [4.78, 5) is 28.9.